The molecule has 4 rings (SSSR count). The van der Waals surface area contributed by atoms with Crippen LogP contribution in [0.4, 0.5) is 18.9 Å². The van der Waals surface area contributed by atoms with Crippen LogP contribution in [0, 0.1) is 11.3 Å². The lowest BCUT2D eigenvalue weighted by Gasteiger charge is -2.24. The number of hydrogen-bond donors (Lipinski definition) is 1. The Morgan fingerprint density at radius 2 is 1.78 bits per heavy atom. The molecule has 1 saturated carbocycles. The number of carbonyl (C=O) groups is 2. The molecule has 32 heavy (non-hydrogen) atoms. The Morgan fingerprint density at radius 1 is 1.12 bits per heavy atom. The van der Waals surface area contributed by atoms with E-state index in [-0.39, 0.29) is 30.0 Å². The SMILES string of the molecule is C=C1CC2COC(=O)C2(Cc2ccc(NC(=O)Cc3ccc(OC(F)(F)F)cc3)cc2)C1. The van der Waals surface area contributed by atoms with Crippen LogP contribution in [0.2, 0.25) is 0 Å². The molecule has 2 unspecified atom stereocenters. The molecule has 2 atom stereocenters. The predicted molar refractivity (Wildman–Crippen MR) is 111 cm³/mol. The van der Waals surface area contributed by atoms with Crippen LogP contribution in [-0.4, -0.2) is 24.8 Å². The third kappa shape index (κ3) is 4.79. The Balaban J connectivity index is 1.34. The molecule has 2 fully saturated rings. The third-order valence-electron chi connectivity index (χ3n) is 5.98. The molecule has 2 aromatic rings. The molecule has 5 nitrogen and oxygen atoms in total. The maximum Gasteiger partial charge on any atom is 0.573 e. The van der Waals surface area contributed by atoms with Crippen LogP contribution < -0.4 is 10.1 Å². The molecule has 1 aliphatic heterocycles. The van der Waals surface area contributed by atoms with Gasteiger partial charge in [0.1, 0.15) is 5.75 Å². The molecular formula is C24H22F3NO4. The third-order valence-corrected chi connectivity index (χ3v) is 5.98. The van der Waals surface area contributed by atoms with E-state index in [9.17, 15) is 22.8 Å². The molecule has 1 amide bonds. The molecular weight excluding hydrogens is 423 g/mol. The van der Waals surface area contributed by atoms with E-state index in [4.69, 9.17) is 4.74 Å². The normalized spacial score (nSPS) is 22.4. The van der Waals surface area contributed by atoms with Crippen molar-refractivity contribution >= 4 is 17.6 Å². The van der Waals surface area contributed by atoms with Gasteiger partial charge in [-0.2, -0.15) is 0 Å². The fraction of sp³-hybridized carbons (Fsp3) is 0.333. The predicted octanol–water partition coefficient (Wildman–Crippen LogP) is 4.82. The number of halogens is 3. The number of cyclic esters (lactones) is 1. The second-order valence-electron chi connectivity index (χ2n) is 8.37. The summed E-state index contributed by atoms with van der Waals surface area (Å²) < 4.78 is 45.8. The molecule has 1 heterocycles. The van der Waals surface area contributed by atoms with E-state index < -0.39 is 11.8 Å². The summed E-state index contributed by atoms with van der Waals surface area (Å²) in [5.41, 5.74) is 2.66. The highest BCUT2D eigenvalue weighted by atomic mass is 19.4. The number of hydrogen-bond acceptors (Lipinski definition) is 4. The Morgan fingerprint density at radius 3 is 2.44 bits per heavy atom. The number of allylic oxidation sites excluding steroid dienone is 1. The lowest BCUT2D eigenvalue weighted by molar-refractivity contribution is -0.274. The van der Waals surface area contributed by atoms with Gasteiger partial charge in [0.05, 0.1) is 18.4 Å². The monoisotopic (exact) mass is 445 g/mol. The highest BCUT2D eigenvalue weighted by molar-refractivity contribution is 5.92. The van der Waals surface area contributed by atoms with Crippen molar-refractivity contribution in [3.8, 4) is 5.75 Å². The summed E-state index contributed by atoms with van der Waals surface area (Å²) in [6.07, 6.45) is -2.73. The first-order valence-electron chi connectivity index (χ1n) is 10.2. The minimum absolute atomic E-state index is 0.00674. The molecule has 8 heteroatoms. The summed E-state index contributed by atoms with van der Waals surface area (Å²) in [5, 5.41) is 2.77. The van der Waals surface area contributed by atoms with Gasteiger partial charge < -0.3 is 14.8 Å². The average Bonchev–Trinajstić information content (AvgIpc) is 3.18. The molecule has 0 spiro atoms. The first-order valence-corrected chi connectivity index (χ1v) is 10.2. The first-order chi connectivity index (χ1) is 15.1. The van der Waals surface area contributed by atoms with Crippen LogP contribution in [0.1, 0.15) is 24.0 Å². The molecule has 2 aliphatic rings. The maximum absolute atomic E-state index is 12.4. The van der Waals surface area contributed by atoms with Crippen LogP contribution in [0.25, 0.3) is 0 Å². The summed E-state index contributed by atoms with van der Waals surface area (Å²) >= 11 is 0. The largest absolute Gasteiger partial charge is 0.573 e. The Bertz CT molecular complexity index is 1030. The van der Waals surface area contributed by atoms with E-state index in [1.165, 1.54) is 24.3 Å². The van der Waals surface area contributed by atoms with Crippen molar-refractivity contribution in [3.63, 3.8) is 0 Å². The quantitative estimate of drug-likeness (QED) is 0.512. The Kier molecular flexibility index (Phi) is 5.71. The summed E-state index contributed by atoms with van der Waals surface area (Å²) in [6.45, 7) is 4.49. The van der Waals surface area contributed by atoms with Crippen molar-refractivity contribution in [1.82, 2.24) is 0 Å². The topological polar surface area (TPSA) is 64.6 Å². The standard InChI is InChI=1S/C24H22F3NO4/c1-15-10-18-14-31-22(30)23(18,12-15)13-17-2-6-19(7-3-17)28-21(29)11-16-4-8-20(9-5-16)32-24(25,26)27/h2-9,18H,1,10-14H2,(H,28,29). The molecule has 0 bridgehead atoms. The van der Waals surface area contributed by atoms with E-state index in [0.717, 1.165) is 17.6 Å². The smallest absolute Gasteiger partial charge is 0.465 e. The van der Waals surface area contributed by atoms with Crippen molar-refractivity contribution in [2.45, 2.75) is 32.0 Å². The van der Waals surface area contributed by atoms with Crippen LogP contribution in [0.5, 0.6) is 5.75 Å². The summed E-state index contributed by atoms with van der Waals surface area (Å²) in [4.78, 5) is 24.7. The van der Waals surface area contributed by atoms with Crippen LogP contribution >= 0.6 is 0 Å². The first kappa shape index (κ1) is 21.9. The van der Waals surface area contributed by atoms with E-state index >= 15 is 0 Å². The summed E-state index contributed by atoms with van der Waals surface area (Å²) in [6, 6.07) is 12.4. The highest BCUT2D eigenvalue weighted by Gasteiger charge is 2.55. The van der Waals surface area contributed by atoms with Gasteiger partial charge in [0.2, 0.25) is 5.91 Å². The van der Waals surface area contributed by atoms with Gasteiger partial charge >= 0.3 is 12.3 Å². The van der Waals surface area contributed by atoms with Gasteiger partial charge in [-0.25, -0.2) is 0 Å². The van der Waals surface area contributed by atoms with E-state index in [1.54, 1.807) is 12.1 Å². The van der Waals surface area contributed by atoms with Crippen molar-refractivity contribution in [3.05, 3.63) is 71.8 Å². The molecule has 168 valence electrons. The van der Waals surface area contributed by atoms with Gasteiger partial charge in [0, 0.05) is 11.6 Å². The minimum Gasteiger partial charge on any atom is -0.465 e. The number of nitrogens with one attached hydrogen (secondary N) is 1. The molecule has 0 radical (unpaired) electrons. The fourth-order valence-electron chi connectivity index (χ4n) is 4.53. The van der Waals surface area contributed by atoms with E-state index in [0.29, 0.717) is 30.7 Å². The second kappa shape index (κ2) is 8.33. The number of benzene rings is 2. The van der Waals surface area contributed by atoms with Crippen molar-refractivity contribution in [2.75, 3.05) is 11.9 Å². The van der Waals surface area contributed by atoms with Gasteiger partial charge in [-0.3, -0.25) is 9.59 Å². The lowest BCUT2D eigenvalue weighted by Crippen LogP contribution is -2.31. The number of ether oxygens (including phenoxy) is 2. The summed E-state index contributed by atoms with van der Waals surface area (Å²) in [7, 11) is 0. The number of esters is 1. The van der Waals surface area contributed by atoms with E-state index in [2.05, 4.69) is 16.6 Å². The van der Waals surface area contributed by atoms with Gasteiger partial charge in [-0.05, 0) is 54.7 Å². The minimum atomic E-state index is -4.75. The number of fused-ring (bicyclic) bond motifs is 1. The maximum atomic E-state index is 12.4. The molecule has 1 N–H and O–H groups in total. The number of amides is 1. The average molecular weight is 445 g/mol. The van der Waals surface area contributed by atoms with Crippen molar-refractivity contribution < 1.29 is 32.2 Å². The summed E-state index contributed by atoms with van der Waals surface area (Å²) in [5.74, 6) is -0.636. The molecule has 1 aliphatic carbocycles. The van der Waals surface area contributed by atoms with Gasteiger partial charge in [-0.1, -0.05) is 36.4 Å². The Labute approximate surface area is 183 Å². The zero-order chi connectivity index (χ0) is 22.9. The van der Waals surface area contributed by atoms with Crippen molar-refractivity contribution in [2.24, 2.45) is 11.3 Å². The second-order valence-corrected chi connectivity index (χ2v) is 8.37. The Hall–Kier alpha value is -3.29. The number of alkyl halides is 3. The molecule has 0 aromatic heterocycles. The fourth-order valence-corrected chi connectivity index (χ4v) is 4.53. The highest BCUT2D eigenvalue weighted by Crippen LogP contribution is 2.52. The van der Waals surface area contributed by atoms with E-state index in [1.807, 2.05) is 12.1 Å². The van der Waals surface area contributed by atoms with Crippen LogP contribution in [0.3, 0.4) is 0 Å². The zero-order valence-corrected chi connectivity index (χ0v) is 17.2. The van der Waals surface area contributed by atoms with Gasteiger partial charge in [-0.15, -0.1) is 13.2 Å². The number of rotatable bonds is 6. The van der Waals surface area contributed by atoms with Gasteiger partial charge in [0.15, 0.2) is 0 Å². The molecule has 2 aromatic carbocycles. The van der Waals surface area contributed by atoms with Crippen LogP contribution in [-0.2, 0) is 27.2 Å². The number of anilines is 1. The molecule has 1 saturated heterocycles. The lowest BCUT2D eigenvalue weighted by atomic mass is 9.75. The van der Waals surface area contributed by atoms with Crippen LogP contribution in [0.15, 0.2) is 60.7 Å². The van der Waals surface area contributed by atoms with Gasteiger partial charge in [0.25, 0.3) is 0 Å². The number of carbonyl (C=O) groups excluding carboxylic acids is 2. The van der Waals surface area contributed by atoms with Crippen molar-refractivity contribution in [1.29, 1.82) is 0 Å². The zero-order valence-electron chi connectivity index (χ0n) is 17.2.